The smallest absolute Gasteiger partial charge is 0.257 e. The summed E-state index contributed by atoms with van der Waals surface area (Å²) in [7, 11) is 1.59. The van der Waals surface area contributed by atoms with Crippen LogP contribution in [-0.2, 0) is 0 Å². The molecule has 1 saturated heterocycles. The highest BCUT2D eigenvalue weighted by Gasteiger charge is 2.32. The predicted octanol–water partition coefficient (Wildman–Crippen LogP) is 1.94. The highest BCUT2D eigenvalue weighted by Crippen LogP contribution is 2.26. The Bertz CT molecular complexity index is 656. The van der Waals surface area contributed by atoms with Crippen molar-refractivity contribution in [3.8, 4) is 5.75 Å². The predicted molar refractivity (Wildman–Crippen MR) is 87.5 cm³/mol. The maximum atomic E-state index is 12.9. The van der Waals surface area contributed by atoms with Crippen LogP contribution in [0.15, 0.2) is 36.7 Å². The first-order chi connectivity index (χ1) is 11.2. The van der Waals surface area contributed by atoms with Crippen LogP contribution in [0.5, 0.6) is 5.75 Å². The van der Waals surface area contributed by atoms with Gasteiger partial charge in [-0.15, -0.1) is 0 Å². The van der Waals surface area contributed by atoms with Crippen LogP contribution < -0.4 is 4.74 Å². The first-order valence-electron chi connectivity index (χ1n) is 7.90. The third-order valence-electron chi connectivity index (χ3n) is 4.36. The number of nitrogens with zero attached hydrogens (tertiary/aromatic N) is 3. The maximum Gasteiger partial charge on any atom is 0.257 e. The quantitative estimate of drug-likeness (QED) is 0.937. The van der Waals surface area contributed by atoms with Crippen LogP contribution >= 0.6 is 0 Å². The monoisotopic (exact) mass is 314 g/mol. The number of ether oxygens (including phenoxy) is 1. The molecule has 0 aliphatic carbocycles. The number of piperazine rings is 1. The Morgan fingerprint density at radius 2 is 2.22 bits per heavy atom. The Morgan fingerprint density at radius 3 is 2.91 bits per heavy atom. The van der Waals surface area contributed by atoms with Crippen molar-refractivity contribution in [2.24, 2.45) is 0 Å². The van der Waals surface area contributed by atoms with E-state index in [9.17, 15) is 4.79 Å². The van der Waals surface area contributed by atoms with Gasteiger partial charge >= 0.3 is 0 Å². The summed E-state index contributed by atoms with van der Waals surface area (Å²) in [5.41, 5.74) is 0.609. The van der Waals surface area contributed by atoms with E-state index in [0.29, 0.717) is 24.4 Å². The van der Waals surface area contributed by atoms with Gasteiger partial charge in [0, 0.05) is 32.0 Å². The summed E-state index contributed by atoms with van der Waals surface area (Å²) in [6.07, 6.45) is 3.58. The van der Waals surface area contributed by atoms with Gasteiger partial charge in [-0.25, -0.2) is 4.98 Å². The molecule has 1 N–H and O–H groups in total. The number of hydrogen-bond donors (Lipinski definition) is 1. The summed E-state index contributed by atoms with van der Waals surface area (Å²) in [4.78, 5) is 24.7. The lowest BCUT2D eigenvalue weighted by Crippen LogP contribution is -2.50. The summed E-state index contributed by atoms with van der Waals surface area (Å²) in [6.45, 7) is 5.23. The molecule has 6 nitrogen and oxygen atoms in total. The molecule has 6 heteroatoms. The van der Waals surface area contributed by atoms with Crippen molar-refractivity contribution in [2.45, 2.75) is 13.0 Å². The second-order valence-corrected chi connectivity index (χ2v) is 5.57. The number of H-pyrrole nitrogens is 1. The molecule has 1 amide bonds. The number of methoxy groups -OCH3 is 1. The third-order valence-corrected chi connectivity index (χ3v) is 4.36. The summed E-state index contributed by atoms with van der Waals surface area (Å²) >= 11 is 0. The minimum Gasteiger partial charge on any atom is -0.496 e. The van der Waals surface area contributed by atoms with Gasteiger partial charge in [-0.2, -0.15) is 0 Å². The van der Waals surface area contributed by atoms with Crippen molar-refractivity contribution in [1.82, 2.24) is 19.8 Å². The molecule has 1 fully saturated rings. The Kier molecular flexibility index (Phi) is 4.62. The molecule has 2 heterocycles. The zero-order chi connectivity index (χ0) is 16.2. The van der Waals surface area contributed by atoms with E-state index in [-0.39, 0.29) is 11.9 Å². The molecule has 0 spiro atoms. The van der Waals surface area contributed by atoms with Crippen molar-refractivity contribution >= 4 is 5.91 Å². The molecule has 23 heavy (non-hydrogen) atoms. The fourth-order valence-electron chi connectivity index (χ4n) is 3.09. The van der Waals surface area contributed by atoms with Crippen molar-refractivity contribution < 1.29 is 9.53 Å². The number of hydrogen-bond acceptors (Lipinski definition) is 4. The third kappa shape index (κ3) is 3.07. The second-order valence-electron chi connectivity index (χ2n) is 5.57. The Balaban J connectivity index is 1.82. The van der Waals surface area contributed by atoms with Crippen molar-refractivity contribution in [3.05, 3.63) is 48.0 Å². The molecule has 2 aromatic rings. The number of amides is 1. The number of rotatable bonds is 4. The Morgan fingerprint density at radius 1 is 1.39 bits per heavy atom. The summed E-state index contributed by atoms with van der Waals surface area (Å²) in [5.74, 6) is 1.53. The molecule has 1 aliphatic heterocycles. The lowest BCUT2D eigenvalue weighted by Gasteiger charge is -2.40. The van der Waals surface area contributed by atoms with E-state index in [1.54, 1.807) is 13.3 Å². The van der Waals surface area contributed by atoms with Gasteiger partial charge < -0.3 is 14.6 Å². The van der Waals surface area contributed by atoms with Gasteiger partial charge in [0.15, 0.2) is 0 Å². The first-order valence-corrected chi connectivity index (χ1v) is 7.90. The van der Waals surface area contributed by atoms with Crippen molar-refractivity contribution in [2.75, 3.05) is 33.3 Å². The Labute approximate surface area is 136 Å². The maximum absolute atomic E-state index is 12.9. The molecular weight excluding hydrogens is 292 g/mol. The number of aromatic amines is 1. The molecule has 122 valence electrons. The molecule has 1 aromatic carbocycles. The number of imidazole rings is 1. The minimum absolute atomic E-state index is 0.00904. The first kappa shape index (κ1) is 15.6. The molecule has 0 saturated carbocycles. The highest BCUT2D eigenvalue weighted by atomic mass is 16.5. The van der Waals surface area contributed by atoms with Gasteiger partial charge in [-0.1, -0.05) is 19.1 Å². The Hall–Kier alpha value is -2.34. The van der Waals surface area contributed by atoms with Crippen LogP contribution in [-0.4, -0.2) is 59.0 Å². The van der Waals surface area contributed by atoms with Gasteiger partial charge in [0.1, 0.15) is 11.6 Å². The van der Waals surface area contributed by atoms with Crippen molar-refractivity contribution in [1.29, 1.82) is 0 Å². The number of aromatic nitrogens is 2. The average molecular weight is 314 g/mol. The summed E-state index contributed by atoms with van der Waals surface area (Å²) in [5, 5.41) is 0. The van der Waals surface area contributed by atoms with Crippen LogP contribution in [0, 0.1) is 0 Å². The number of likely N-dealkylation sites (N-methyl/N-ethyl adjacent to an activating group) is 1. The van der Waals surface area contributed by atoms with E-state index in [4.69, 9.17) is 4.74 Å². The van der Waals surface area contributed by atoms with Crippen LogP contribution in [0.25, 0.3) is 0 Å². The SMILES string of the molecule is CCN1CCN(C(=O)c2ccccc2OC)CC1c1ncc[nH]1. The zero-order valence-electron chi connectivity index (χ0n) is 13.5. The summed E-state index contributed by atoms with van der Waals surface area (Å²) in [6, 6.07) is 7.47. The summed E-state index contributed by atoms with van der Waals surface area (Å²) < 4.78 is 5.32. The number of benzene rings is 1. The number of nitrogens with one attached hydrogen (secondary N) is 1. The highest BCUT2D eigenvalue weighted by molar-refractivity contribution is 5.97. The molecule has 0 radical (unpaired) electrons. The molecular formula is C17H22N4O2. The average Bonchev–Trinajstić information content (AvgIpc) is 3.15. The standard InChI is InChI=1S/C17H22N4O2/c1-3-20-10-11-21(12-14(20)16-18-8-9-19-16)17(22)13-6-4-5-7-15(13)23-2/h4-9,14H,3,10-12H2,1-2H3,(H,18,19). The van der Waals surface area contributed by atoms with E-state index in [1.165, 1.54) is 0 Å². The van der Waals surface area contributed by atoms with Gasteiger partial charge in [-0.05, 0) is 18.7 Å². The van der Waals surface area contributed by atoms with E-state index >= 15 is 0 Å². The van der Waals surface area contributed by atoms with Gasteiger partial charge in [-0.3, -0.25) is 9.69 Å². The van der Waals surface area contributed by atoms with Crippen molar-refractivity contribution in [3.63, 3.8) is 0 Å². The van der Waals surface area contributed by atoms with E-state index in [1.807, 2.05) is 35.4 Å². The van der Waals surface area contributed by atoms with Crippen LogP contribution in [0.4, 0.5) is 0 Å². The van der Waals surface area contributed by atoms with E-state index in [2.05, 4.69) is 21.8 Å². The molecule has 0 bridgehead atoms. The fraction of sp³-hybridized carbons (Fsp3) is 0.412. The minimum atomic E-state index is 0.00904. The molecule has 1 unspecified atom stereocenters. The van der Waals surface area contributed by atoms with Crippen LogP contribution in [0.3, 0.4) is 0 Å². The van der Waals surface area contributed by atoms with Crippen LogP contribution in [0.2, 0.25) is 0 Å². The van der Waals surface area contributed by atoms with E-state index < -0.39 is 0 Å². The number of carbonyl (C=O) groups is 1. The topological polar surface area (TPSA) is 61.5 Å². The zero-order valence-corrected chi connectivity index (χ0v) is 13.5. The van der Waals surface area contributed by atoms with Gasteiger partial charge in [0.25, 0.3) is 5.91 Å². The number of carbonyl (C=O) groups excluding carboxylic acids is 1. The molecule has 1 atom stereocenters. The molecule has 1 aromatic heterocycles. The fourth-order valence-corrected chi connectivity index (χ4v) is 3.09. The normalized spacial score (nSPS) is 18.9. The van der Waals surface area contributed by atoms with E-state index in [0.717, 1.165) is 18.9 Å². The molecule has 1 aliphatic rings. The lowest BCUT2D eigenvalue weighted by atomic mass is 10.1. The molecule has 3 rings (SSSR count). The number of para-hydroxylation sites is 1. The largest absolute Gasteiger partial charge is 0.496 e. The second kappa shape index (κ2) is 6.83. The van der Waals surface area contributed by atoms with Gasteiger partial charge in [0.2, 0.25) is 0 Å². The van der Waals surface area contributed by atoms with Gasteiger partial charge in [0.05, 0.1) is 18.7 Å². The van der Waals surface area contributed by atoms with Crippen LogP contribution in [0.1, 0.15) is 29.1 Å². The lowest BCUT2D eigenvalue weighted by molar-refractivity contribution is 0.0477.